The summed E-state index contributed by atoms with van der Waals surface area (Å²) in [7, 11) is 0. The monoisotopic (exact) mass is 452 g/mol. The molecule has 8 heteroatoms. The summed E-state index contributed by atoms with van der Waals surface area (Å²) < 4.78 is 0. The molecule has 0 aliphatic rings. The molecule has 0 saturated heterocycles. The molecular weight excluding hydrogens is 430 g/mol. The third kappa shape index (κ3) is 10.9. The van der Waals surface area contributed by atoms with E-state index in [0.717, 1.165) is 6.54 Å². The normalized spacial score (nSPS) is 7.04. The van der Waals surface area contributed by atoms with Crippen molar-refractivity contribution in [3.63, 3.8) is 0 Å². The van der Waals surface area contributed by atoms with Crippen molar-refractivity contribution in [1.29, 1.82) is 0 Å². The van der Waals surface area contributed by atoms with E-state index in [4.69, 9.17) is 0 Å². The quantitative estimate of drug-likeness (QED) is 0.535. The third-order valence-corrected chi connectivity index (χ3v) is 2.93. The van der Waals surface area contributed by atoms with E-state index in [1.54, 1.807) is 0 Å². The van der Waals surface area contributed by atoms with Gasteiger partial charge < -0.3 is 5.32 Å². The molecule has 3 radical (unpaired) electrons. The first-order valence-corrected chi connectivity index (χ1v) is 5.61. The molecular formula is C15H23F6NSb. The average molecular weight is 453 g/mol. The molecule has 0 unspecified atom stereocenters. The van der Waals surface area contributed by atoms with Gasteiger partial charge in [-0.25, -0.2) is 0 Å². The fourth-order valence-corrected chi connectivity index (χ4v) is 1.74. The Hall–Kier alpha value is -1.36. The van der Waals surface area contributed by atoms with Crippen molar-refractivity contribution < 1.29 is 28.2 Å². The molecule has 2 rings (SSSR count). The molecule has 0 atom stereocenters. The number of nitrogens with one attached hydrogen (secondary N) is 1. The maximum Gasteiger partial charge on any atom is 0.0400 e. The molecule has 0 bridgehead atoms. The fourth-order valence-electron chi connectivity index (χ4n) is 1.74. The zero-order valence-electron chi connectivity index (χ0n) is 12.7. The van der Waals surface area contributed by atoms with Crippen LogP contribution in [0.5, 0.6) is 0 Å². The van der Waals surface area contributed by atoms with Crippen LogP contribution >= 0.6 is 0 Å². The summed E-state index contributed by atoms with van der Waals surface area (Å²) in [5.41, 5.74) is 5.20. The second-order valence-corrected chi connectivity index (χ2v) is 4.09. The number of hydrogen-bond acceptors (Lipinski definition) is 1. The molecule has 0 spiro atoms. The molecule has 0 aliphatic heterocycles. The predicted molar refractivity (Wildman–Crippen MR) is 90.5 cm³/mol. The van der Waals surface area contributed by atoms with Gasteiger partial charge >= 0.3 is 0 Å². The first kappa shape index (κ1) is 37.7. The molecule has 0 aliphatic carbocycles. The molecule has 2 aromatic carbocycles. The zero-order chi connectivity index (χ0) is 11.4. The first-order valence-electron chi connectivity index (χ1n) is 5.61. The molecule has 23 heavy (non-hydrogen) atoms. The van der Waals surface area contributed by atoms with Crippen molar-refractivity contribution >= 4 is 30.1 Å². The van der Waals surface area contributed by atoms with Crippen molar-refractivity contribution in [3.05, 3.63) is 65.2 Å². The number of benzene rings is 2. The largest absolute Gasteiger partial charge is 0.381 e. The van der Waals surface area contributed by atoms with Crippen molar-refractivity contribution in [2.24, 2.45) is 0 Å². The van der Waals surface area contributed by atoms with Crippen LogP contribution < -0.4 is 5.32 Å². The van der Waals surface area contributed by atoms with Crippen LogP contribution in [0.25, 0.3) is 0 Å². The minimum Gasteiger partial charge on any atom is -0.381 e. The molecule has 0 amide bonds. The SMILES string of the molecule is Cc1cccc(NCc2ccccc2)c1C.F.F.F.F.F.F.[Sb]. The summed E-state index contributed by atoms with van der Waals surface area (Å²) in [4.78, 5) is 0. The Bertz CT molecular complexity index is 485. The van der Waals surface area contributed by atoms with Gasteiger partial charge in [0.2, 0.25) is 0 Å². The van der Waals surface area contributed by atoms with Gasteiger partial charge in [-0.2, -0.15) is 0 Å². The Morgan fingerprint density at radius 2 is 1.22 bits per heavy atom. The predicted octanol–water partition coefficient (Wildman–Crippen LogP) is 4.45. The van der Waals surface area contributed by atoms with Crippen LogP contribution in [0.1, 0.15) is 16.7 Å². The van der Waals surface area contributed by atoms with Crippen LogP contribution in [0.15, 0.2) is 48.5 Å². The third-order valence-electron chi connectivity index (χ3n) is 2.93. The molecule has 2 aromatic rings. The number of hydrogen-bond donors (Lipinski definition) is 1. The zero-order valence-corrected chi connectivity index (χ0v) is 15.3. The molecule has 0 heterocycles. The Morgan fingerprint density at radius 1 is 0.696 bits per heavy atom. The molecule has 0 fully saturated rings. The fraction of sp³-hybridized carbons (Fsp3) is 0.200. The molecule has 0 saturated carbocycles. The molecule has 135 valence electrons. The summed E-state index contributed by atoms with van der Waals surface area (Å²) >= 11 is 0. The average Bonchev–Trinajstić information content (AvgIpc) is 2.32. The van der Waals surface area contributed by atoms with Crippen LogP contribution in [0, 0.1) is 13.8 Å². The second kappa shape index (κ2) is 18.7. The molecule has 0 aromatic heterocycles. The van der Waals surface area contributed by atoms with Gasteiger partial charge in [-0.3, -0.25) is 28.2 Å². The van der Waals surface area contributed by atoms with Crippen molar-refractivity contribution in [3.8, 4) is 0 Å². The first-order chi connectivity index (χ1) is 7.77. The Kier molecular flexibility index (Phi) is 30.6. The second-order valence-electron chi connectivity index (χ2n) is 4.09. The van der Waals surface area contributed by atoms with Crippen LogP contribution in [0.3, 0.4) is 0 Å². The van der Waals surface area contributed by atoms with Crippen molar-refractivity contribution in [2.45, 2.75) is 20.4 Å². The molecule has 1 N–H and O–H groups in total. The Labute approximate surface area is 149 Å². The van der Waals surface area contributed by atoms with E-state index in [0.29, 0.717) is 0 Å². The standard InChI is InChI=1S/C15H17N.6FH.Sb/c1-12-7-6-10-15(13(12)2)16-11-14-8-4-3-5-9-14;;;;;;;/h3-10,16H,11H2,1-2H3;6*1H;. The number of anilines is 1. The van der Waals surface area contributed by atoms with Crippen LogP contribution in [0.2, 0.25) is 0 Å². The minimum absolute atomic E-state index is 0. The minimum atomic E-state index is 0. The van der Waals surface area contributed by atoms with Gasteiger partial charge in [-0.05, 0) is 36.6 Å². The van der Waals surface area contributed by atoms with E-state index in [2.05, 4.69) is 61.6 Å². The van der Waals surface area contributed by atoms with Gasteiger partial charge in [0, 0.05) is 36.7 Å². The van der Waals surface area contributed by atoms with E-state index >= 15 is 0 Å². The van der Waals surface area contributed by atoms with Gasteiger partial charge in [-0.1, -0.05) is 42.5 Å². The molecule has 1 nitrogen and oxygen atoms in total. The van der Waals surface area contributed by atoms with E-state index in [9.17, 15) is 0 Å². The van der Waals surface area contributed by atoms with E-state index < -0.39 is 0 Å². The van der Waals surface area contributed by atoms with Crippen molar-refractivity contribution in [2.75, 3.05) is 5.32 Å². The summed E-state index contributed by atoms with van der Waals surface area (Å²) in [6, 6.07) is 16.8. The van der Waals surface area contributed by atoms with E-state index in [1.807, 2.05) is 6.07 Å². The summed E-state index contributed by atoms with van der Waals surface area (Å²) in [6.45, 7) is 5.18. The smallest absolute Gasteiger partial charge is 0.0400 e. The van der Waals surface area contributed by atoms with Gasteiger partial charge in [0.05, 0.1) is 0 Å². The van der Waals surface area contributed by atoms with Gasteiger partial charge in [0.15, 0.2) is 0 Å². The van der Waals surface area contributed by atoms with Crippen LogP contribution in [-0.4, -0.2) is 24.4 Å². The van der Waals surface area contributed by atoms with E-state index in [1.165, 1.54) is 22.4 Å². The summed E-state index contributed by atoms with van der Waals surface area (Å²) in [6.07, 6.45) is 0. The summed E-state index contributed by atoms with van der Waals surface area (Å²) in [5.74, 6) is 0. The Morgan fingerprint density at radius 3 is 1.74 bits per heavy atom. The Balaban J connectivity index is -0.000000103. The maximum atomic E-state index is 3.47. The topological polar surface area (TPSA) is 12.0 Å². The number of rotatable bonds is 3. The van der Waals surface area contributed by atoms with Gasteiger partial charge in [-0.15, -0.1) is 0 Å². The van der Waals surface area contributed by atoms with Crippen molar-refractivity contribution in [1.82, 2.24) is 0 Å². The number of halogens is 6. The van der Waals surface area contributed by atoms with Gasteiger partial charge in [0.1, 0.15) is 0 Å². The van der Waals surface area contributed by atoms with Crippen LogP contribution in [-0.2, 0) is 6.54 Å². The van der Waals surface area contributed by atoms with Crippen LogP contribution in [0.4, 0.5) is 33.9 Å². The summed E-state index contributed by atoms with van der Waals surface area (Å²) in [5, 5.41) is 3.47. The van der Waals surface area contributed by atoms with Gasteiger partial charge in [0.25, 0.3) is 0 Å². The number of aryl methyl sites for hydroxylation is 1. The van der Waals surface area contributed by atoms with E-state index in [-0.39, 0.29) is 52.7 Å². The maximum absolute atomic E-state index is 3.47.